The fraction of sp³-hybridized carbons (Fsp3) is 0.214. The number of benzene rings is 1. The molecule has 0 saturated heterocycles. The molecule has 0 spiro atoms. The van der Waals surface area contributed by atoms with Crippen LogP contribution >= 0.6 is 0 Å². The highest BCUT2D eigenvalue weighted by Gasteiger charge is 2.16. The molecule has 4 nitrogen and oxygen atoms in total. The van der Waals surface area contributed by atoms with Crippen molar-refractivity contribution in [3.8, 4) is 11.3 Å². The number of H-pyrrole nitrogens is 1. The lowest BCUT2D eigenvalue weighted by Crippen LogP contribution is -2.01. The fourth-order valence-corrected chi connectivity index (χ4v) is 2.53. The Morgan fingerprint density at radius 2 is 2.11 bits per heavy atom. The minimum Gasteiger partial charge on any atom is -0.358 e. The Kier molecular flexibility index (Phi) is 2.45. The average Bonchev–Trinajstić information content (AvgIpc) is 2.88. The van der Waals surface area contributed by atoms with E-state index in [9.17, 15) is 0 Å². The predicted molar refractivity (Wildman–Crippen MR) is 73.1 cm³/mol. The van der Waals surface area contributed by atoms with Crippen LogP contribution in [0.15, 0.2) is 30.6 Å². The Hall–Kier alpha value is -2.07. The second-order valence-electron chi connectivity index (χ2n) is 4.53. The van der Waals surface area contributed by atoms with E-state index >= 15 is 0 Å². The molecule has 0 aliphatic rings. The van der Waals surface area contributed by atoms with Gasteiger partial charge in [0.2, 0.25) is 0 Å². The topological polar surface area (TPSA) is 59.6 Å². The van der Waals surface area contributed by atoms with E-state index in [0.717, 1.165) is 22.6 Å². The van der Waals surface area contributed by atoms with Crippen molar-refractivity contribution in [3.63, 3.8) is 0 Å². The summed E-state index contributed by atoms with van der Waals surface area (Å²) in [6.07, 6.45) is 1.82. The predicted octanol–water partition coefficient (Wildman–Crippen LogP) is 2.34. The van der Waals surface area contributed by atoms with Gasteiger partial charge in [0.25, 0.3) is 0 Å². The molecule has 0 atom stereocenters. The van der Waals surface area contributed by atoms with E-state index in [-0.39, 0.29) is 0 Å². The summed E-state index contributed by atoms with van der Waals surface area (Å²) in [6, 6.07) is 8.30. The number of aromatic nitrogens is 3. The summed E-state index contributed by atoms with van der Waals surface area (Å²) in [6.45, 7) is 2.54. The van der Waals surface area contributed by atoms with E-state index in [1.165, 1.54) is 10.9 Å². The molecule has 0 unspecified atom stereocenters. The SMILES string of the molecule is Cc1[nH]c2ccccc2c1-c1c(CN)ncn1C. The van der Waals surface area contributed by atoms with Gasteiger partial charge < -0.3 is 15.3 Å². The zero-order valence-electron chi connectivity index (χ0n) is 10.6. The number of para-hydroxylation sites is 1. The molecule has 0 bridgehead atoms. The Morgan fingerprint density at radius 1 is 1.33 bits per heavy atom. The highest BCUT2D eigenvalue weighted by atomic mass is 15.0. The van der Waals surface area contributed by atoms with Gasteiger partial charge in [0.05, 0.1) is 17.7 Å². The largest absolute Gasteiger partial charge is 0.358 e. The molecule has 0 fully saturated rings. The third kappa shape index (κ3) is 1.46. The Morgan fingerprint density at radius 3 is 2.89 bits per heavy atom. The maximum Gasteiger partial charge on any atom is 0.0952 e. The van der Waals surface area contributed by atoms with E-state index < -0.39 is 0 Å². The first-order valence-electron chi connectivity index (χ1n) is 6.00. The smallest absolute Gasteiger partial charge is 0.0952 e. The summed E-state index contributed by atoms with van der Waals surface area (Å²) in [5.41, 5.74) is 11.3. The van der Waals surface area contributed by atoms with Gasteiger partial charge in [-0.3, -0.25) is 0 Å². The summed E-state index contributed by atoms with van der Waals surface area (Å²) in [5.74, 6) is 0. The summed E-state index contributed by atoms with van der Waals surface area (Å²) >= 11 is 0. The molecule has 1 aromatic carbocycles. The van der Waals surface area contributed by atoms with Crippen LogP contribution in [0.1, 0.15) is 11.4 Å². The molecule has 2 heterocycles. The molecule has 3 aromatic rings. The molecular weight excluding hydrogens is 224 g/mol. The molecule has 0 saturated carbocycles. The van der Waals surface area contributed by atoms with Gasteiger partial charge in [-0.2, -0.15) is 0 Å². The van der Waals surface area contributed by atoms with Gasteiger partial charge in [0.1, 0.15) is 0 Å². The molecule has 0 aliphatic carbocycles. The van der Waals surface area contributed by atoms with Crippen molar-refractivity contribution in [2.45, 2.75) is 13.5 Å². The summed E-state index contributed by atoms with van der Waals surface area (Å²) in [5, 5.41) is 1.22. The normalized spacial score (nSPS) is 11.3. The molecule has 18 heavy (non-hydrogen) atoms. The maximum atomic E-state index is 5.78. The highest BCUT2D eigenvalue weighted by Crippen LogP contribution is 2.33. The van der Waals surface area contributed by atoms with Crippen LogP contribution in [0.2, 0.25) is 0 Å². The first-order valence-corrected chi connectivity index (χ1v) is 6.00. The fourth-order valence-electron chi connectivity index (χ4n) is 2.53. The van der Waals surface area contributed by atoms with E-state index in [1.807, 2.05) is 24.0 Å². The summed E-state index contributed by atoms with van der Waals surface area (Å²) < 4.78 is 2.03. The molecule has 2 aromatic heterocycles. The van der Waals surface area contributed by atoms with Crippen LogP contribution in [-0.4, -0.2) is 14.5 Å². The molecule has 3 rings (SSSR count). The number of hydrogen-bond donors (Lipinski definition) is 2. The number of nitrogens with zero attached hydrogens (tertiary/aromatic N) is 2. The van der Waals surface area contributed by atoms with Gasteiger partial charge in [0, 0.05) is 35.8 Å². The van der Waals surface area contributed by atoms with Crippen molar-refractivity contribution in [1.29, 1.82) is 0 Å². The molecule has 0 aliphatic heterocycles. The van der Waals surface area contributed by atoms with Gasteiger partial charge in [-0.15, -0.1) is 0 Å². The van der Waals surface area contributed by atoms with Gasteiger partial charge in [-0.05, 0) is 13.0 Å². The van der Waals surface area contributed by atoms with E-state index in [4.69, 9.17) is 5.73 Å². The van der Waals surface area contributed by atoms with Crippen LogP contribution < -0.4 is 5.73 Å². The van der Waals surface area contributed by atoms with Crippen LogP contribution in [0.3, 0.4) is 0 Å². The van der Waals surface area contributed by atoms with Crippen molar-refractivity contribution in [2.75, 3.05) is 0 Å². The van der Waals surface area contributed by atoms with Gasteiger partial charge in [-0.1, -0.05) is 18.2 Å². The zero-order chi connectivity index (χ0) is 12.7. The average molecular weight is 240 g/mol. The third-order valence-electron chi connectivity index (χ3n) is 3.34. The number of aryl methyl sites for hydroxylation is 2. The molecule has 4 heteroatoms. The van der Waals surface area contributed by atoms with Crippen molar-refractivity contribution >= 4 is 10.9 Å². The minimum atomic E-state index is 0.453. The Balaban J connectivity index is 2.37. The second-order valence-corrected chi connectivity index (χ2v) is 4.53. The van der Waals surface area contributed by atoms with Crippen molar-refractivity contribution in [2.24, 2.45) is 12.8 Å². The monoisotopic (exact) mass is 240 g/mol. The number of rotatable bonds is 2. The quantitative estimate of drug-likeness (QED) is 0.722. The molecule has 0 amide bonds. The van der Waals surface area contributed by atoms with E-state index in [2.05, 4.69) is 35.1 Å². The molecule has 0 radical (unpaired) electrons. The van der Waals surface area contributed by atoms with Crippen LogP contribution in [0.25, 0.3) is 22.2 Å². The minimum absolute atomic E-state index is 0.453. The van der Waals surface area contributed by atoms with Gasteiger partial charge in [-0.25, -0.2) is 4.98 Å². The summed E-state index contributed by atoms with van der Waals surface area (Å²) in [7, 11) is 2.00. The van der Waals surface area contributed by atoms with Gasteiger partial charge >= 0.3 is 0 Å². The van der Waals surface area contributed by atoms with Crippen molar-refractivity contribution < 1.29 is 0 Å². The maximum absolute atomic E-state index is 5.78. The molecular formula is C14H16N4. The Bertz CT molecular complexity index is 706. The van der Waals surface area contributed by atoms with Crippen molar-refractivity contribution in [1.82, 2.24) is 14.5 Å². The first kappa shape index (κ1) is 11.0. The van der Waals surface area contributed by atoms with Crippen LogP contribution in [-0.2, 0) is 13.6 Å². The lowest BCUT2D eigenvalue weighted by Gasteiger charge is -2.05. The molecule has 92 valence electrons. The number of aromatic amines is 1. The number of fused-ring (bicyclic) bond motifs is 1. The first-order chi connectivity index (χ1) is 8.72. The van der Waals surface area contributed by atoms with Crippen LogP contribution in [0, 0.1) is 6.92 Å². The second kappa shape index (κ2) is 3.99. The number of nitrogens with one attached hydrogen (secondary N) is 1. The van der Waals surface area contributed by atoms with E-state index in [0.29, 0.717) is 6.54 Å². The third-order valence-corrected chi connectivity index (χ3v) is 3.34. The number of hydrogen-bond acceptors (Lipinski definition) is 2. The Labute approximate surface area is 105 Å². The van der Waals surface area contributed by atoms with Crippen LogP contribution in [0.5, 0.6) is 0 Å². The summed E-state index contributed by atoms with van der Waals surface area (Å²) in [4.78, 5) is 7.77. The number of imidazole rings is 1. The lowest BCUT2D eigenvalue weighted by atomic mass is 10.1. The van der Waals surface area contributed by atoms with Crippen LogP contribution in [0.4, 0.5) is 0 Å². The lowest BCUT2D eigenvalue weighted by molar-refractivity contribution is 0.920. The van der Waals surface area contributed by atoms with Gasteiger partial charge in [0.15, 0.2) is 0 Å². The zero-order valence-corrected chi connectivity index (χ0v) is 10.6. The standard InChI is InChI=1S/C14H16N4/c1-9-13(10-5-3-4-6-11(10)17-9)14-12(7-15)16-8-18(14)2/h3-6,8,17H,7,15H2,1-2H3. The van der Waals surface area contributed by atoms with Crippen molar-refractivity contribution in [3.05, 3.63) is 42.0 Å². The van der Waals surface area contributed by atoms with E-state index in [1.54, 1.807) is 0 Å². The highest BCUT2D eigenvalue weighted by molar-refractivity contribution is 5.97. The molecule has 3 N–H and O–H groups in total. The number of nitrogens with two attached hydrogens (primary N) is 1.